The maximum atomic E-state index is 5.88. The molecule has 1 aromatic carbocycles. The molecular weight excluding hydrogens is 318 g/mol. The zero-order chi connectivity index (χ0) is 17.8. The summed E-state index contributed by atoms with van der Waals surface area (Å²) < 4.78 is 13.0. The van der Waals surface area contributed by atoms with Gasteiger partial charge in [-0.3, -0.25) is 4.68 Å². The highest BCUT2D eigenvalue weighted by atomic mass is 16.5. The van der Waals surface area contributed by atoms with E-state index >= 15 is 0 Å². The summed E-state index contributed by atoms with van der Waals surface area (Å²) in [6.07, 6.45) is 2.55. The van der Waals surface area contributed by atoms with Crippen molar-refractivity contribution in [2.24, 2.45) is 7.05 Å². The number of aromatic nitrogens is 4. The Morgan fingerprint density at radius 3 is 2.68 bits per heavy atom. The summed E-state index contributed by atoms with van der Waals surface area (Å²) in [6.45, 7) is 4.56. The molecule has 0 bridgehead atoms. The number of nitrogens with one attached hydrogen (secondary N) is 1. The van der Waals surface area contributed by atoms with Gasteiger partial charge in [0.2, 0.25) is 0 Å². The monoisotopic (exact) mass is 341 g/mol. The van der Waals surface area contributed by atoms with Crippen LogP contribution in [0, 0.1) is 0 Å². The third-order valence-electron chi connectivity index (χ3n) is 3.90. The lowest BCUT2D eigenvalue weighted by Gasteiger charge is -2.17. The number of hydrogen-bond donors (Lipinski definition) is 1. The fourth-order valence-corrected chi connectivity index (χ4v) is 2.56. The van der Waals surface area contributed by atoms with Crippen LogP contribution in [0.1, 0.15) is 19.7 Å². The molecule has 7 heteroatoms. The number of hydrogen-bond acceptors (Lipinski definition) is 6. The van der Waals surface area contributed by atoms with Crippen molar-refractivity contribution in [3.05, 3.63) is 36.3 Å². The van der Waals surface area contributed by atoms with Crippen LogP contribution in [0.25, 0.3) is 11.0 Å². The second-order valence-corrected chi connectivity index (χ2v) is 5.85. The van der Waals surface area contributed by atoms with E-state index in [0.29, 0.717) is 6.61 Å². The van der Waals surface area contributed by atoms with Crippen LogP contribution in [0.4, 0.5) is 5.82 Å². The molecule has 2 heterocycles. The number of ether oxygens (including phenoxy) is 2. The number of methoxy groups -OCH3 is 1. The number of benzene rings is 1. The van der Waals surface area contributed by atoms with Gasteiger partial charge in [0.05, 0.1) is 24.7 Å². The van der Waals surface area contributed by atoms with E-state index in [-0.39, 0.29) is 6.04 Å². The van der Waals surface area contributed by atoms with Crippen molar-refractivity contribution in [1.29, 1.82) is 0 Å². The van der Waals surface area contributed by atoms with Gasteiger partial charge in [0, 0.05) is 13.5 Å². The smallest absolute Gasteiger partial charge is 0.163 e. The number of anilines is 1. The average Bonchev–Trinajstić information content (AvgIpc) is 3.01. The molecule has 0 fully saturated rings. The Balaban J connectivity index is 1.74. The molecule has 3 rings (SSSR count). The Labute approximate surface area is 147 Å². The first-order valence-corrected chi connectivity index (χ1v) is 8.33. The summed E-state index contributed by atoms with van der Waals surface area (Å²) in [4.78, 5) is 9.14. The molecule has 0 aliphatic heterocycles. The maximum absolute atomic E-state index is 5.88. The molecule has 0 aliphatic rings. The van der Waals surface area contributed by atoms with E-state index in [1.165, 1.54) is 0 Å². The van der Waals surface area contributed by atoms with Gasteiger partial charge >= 0.3 is 0 Å². The fraction of sp³-hybridized carbons (Fsp3) is 0.389. The molecular formula is C18H23N5O2. The number of nitrogens with zero attached hydrogens (tertiary/aromatic N) is 4. The summed E-state index contributed by atoms with van der Waals surface area (Å²) in [7, 11) is 3.52. The first-order chi connectivity index (χ1) is 12.1. The van der Waals surface area contributed by atoms with Crippen molar-refractivity contribution in [3.63, 3.8) is 0 Å². The van der Waals surface area contributed by atoms with Crippen LogP contribution in [-0.4, -0.2) is 39.5 Å². The highest BCUT2D eigenvalue weighted by molar-refractivity contribution is 5.86. The molecule has 7 nitrogen and oxygen atoms in total. The Kier molecular flexibility index (Phi) is 5.02. The molecule has 132 valence electrons. The van der Waals surface area contributed by atoms with Crippen LogP contribution in [0.2, 0.25) is 0 Å². The zero-order valence-corrected chi connectivity index (χ0v) is 15.0. The van der Waals surface area contributed by atoms with E-state index in [2.05, 4.69) is 20.4 Å². The van der Waals surface area contributed by atoms with Crippen molar-refractivity contribution in [2.45, 2.75) is 26.3 Å². The Morgan fingerprint density at radius 2 is 1.96 bits per heavy atom. The van der Waals surface area contributed by atoms with Crippen LogP contribution in [0.15, 0.2) is 30.5 Å². The van der Waals surface area contributed by atoms with Gasteiger partial charge in [0.1, 0.15) is 18.2 Å². The molecule has 0 radical (unpaired) electrons. The standard InChI is InChI=1S/C18H23N5O2/c1-5-16-21-17(13-10-19-23(3)18(13)22-16)20-12(2)11-25-15-9-7-6-8-14(15)24-4/h6-10,12H,5,11H2,1-4H3,(H,20,21,22)/t12-/m1/s1. The summed E-state index contributed by atoms with van der Waals surface area (Å²) in [5.74, 6) is 3.02. The lowest BCUT2D eigenvalue weighted by atomic mass is 10.3. The van der Waals surface area contributed by atoms with Crippen molar-refractivity contribution in [3.8, 4) is 11.5 Å². The number of fused-ring (bicyclic) bond motifs is 1. The largest absolute Gasteiger partial charge is 0.493 e. The second kappa shape index (κ2) is 7.38. The SMILES string of the molecule is CCc1nc(N[C@H](C)COc2ccccc2OC)c2cnn(C)c2n1. The number of para-hydroxylation sites is 2. The molecule has 0 amide bonds. The molecule has 25 heavy (non-hydrogen) atoms. The molecule has 0 saturated heterocycles. The summed E-state index contributed by atoms with van der Waals surface area (Å²) >= 11 is 0. The lowest BCUT2D eigenvalue weighted by Crippen LogP contribution is -2.24. The molecule has 3 aromatic rings. The minimum Gasteiger partial charge on any atom is -0.493 e. The third kappa shape index (κ3) is 3.65. The van der Waals surface area contributed by atoms with Gasteiger partial charge < -0.3 is 14.8 Å². The van der Waals surface area contributed by atoms with Gasteiger partial charge in [-0.1, -0.05) is 19.1 Å². The molecule has 1 atom stereocenters. The third-order valence-corrected chi connectivity index (χ3v) is 3.90. The van der Waals surface area contributed by atoms with Gasteiger partial charge in [0.25, 0.3) is 0 Å². The van der Waals surface area contributed by atoms with Crippen LogP contribution in [-0.2, 0) is 13.5 Å². The molecule has 0 unspecified atom stereocenters. The lowest BCUT2D eigenvalue weighted by molar-refractivity contribution is 0.284. The minimum atomic E-state index is 0.0490. The van der Waals surface area contributed by atoms with Crippen LogP contribution in [0.3, 0.4) is 0 Å². The molecule has 0 spiro atoms. The fourth-order valence-electron chi connectivity index (χ4n) is 2.56. The Bertz CT molecular complexity index is 862. The van der Waals surface area contributed by atoms with Gasteiger partial charge in [0.15, 0.2) is 17.1 Å². The van der Waals surface area contributed by atoms with E-state index in [4.69, 9.17) is 9.47 Å². The van der Waals surface area contributed by atoms with Crippen LogP contribution >= 0.6 is 0 Å². The summed E-state index contributed by atoms with van der Waals surface area (Å²) in [6, 6.07) is 7.66. The van der Waals surface area contributed by atoms with E-state index < -0.39 is 0 Å². The normalized spacial score (nSPS) is 12.2. The summed E-state index contributed by atoms with van der Waals surface area (Å²) in [5.41, 5.74) is 0.826. The Morgan fingerprint density at radius 1 is 1.20 bits per heavy atom. The van der Waals surface area contributed by atoms with Gasteiger partial charge in [-0.05, 0) is 19.1 Å². The van der Waals surface area contributed by atoms with Gasteiger partial charge in [-0.25, -0.2) is 9.97 Å². The van der Waals surface area contributed by atoms with Gasteiger partial charge in [-0.2, -0.15) is 5.10 Å². The predicted octanol–water partition coefficient (Wildman–Crippen LogP) is 2.81. The molecule has 0 saturated carbocycles. The van der Waals surface area contributed by atoms with Gasteiger partial charge in [-0.15, -0.1) is 0 Å². The topological polar surface area (TPSA) is 74.1 Å². The van der Waals surface area contributed by atoms with Crippen molar-refractivity contribution in [2.75, 3.05) is 19.0 Å². The first-order valence-electron chi connectivity index (χ1n) is 8.33. The molecule has 1 N–H and O–H groups in total. The van der Waals surface area contributed by atoms with Crippen molar-refractivity contribution < 1.29 is 9.47 Å². The van der Waals surface area contributed by atoms with Crippen molar-refractivity contribution in [1.82, 2.24) is 19.7 Å². The second-order valence-electron chi connectivity index (χ2n) is 5.85. The highest BCUT2D eigenvalue weighted by Gasteiger charge is 2.14. The van der Waals surface area contributed by atoms with Crippen LogP contribution in [0.5, 0.6) is 11.5 Å². The van der Waals surface area contributed by atoms with E-state index in [0.717, 1.165) is 40.6 Å². The maximum Gasteiger partial charge on any atom is 0.163 e. The number of aryl methyl sites for hydroxylation is 2. The molecule has 0 aliphatic carbocycles. The minimum absolute atomic E-state index is 0.0490. The highest BCUT2D eigenvalue weighted by Crippen LogP contribution is 2.26. The average molecular weight is 341 g/mol. The Hall–Kier alpha value is -2.83. The van der Waals surface area contributed by atoms with Crippen LogP contribution < -0.4 is 14.8 Å². The predicted molar refractivity (Wildman–Crippen MR) is 97.3 cm³/mol. The summed E-state index contributed by atoms with van der Waals surface area (Å²) in [5, 5.41) is 8.60. The van der Waals surface area contributed by atoms with Crippen molar-refractivity contribution >= 4 is 16.9 Å². The first kappa shape index (κ1) is 17.0. The van der Waals surface area contributed by atoms with E-state index in [9.17, 15) is 0 Å². The van der Waals surface area contributed by atoms with E-state index in [1.54, 1.807) is 18.0 Å². The quantitative estimate of drug-likeness (QED) is 0.712. The number of rotatable bonds is 7. The molecule has 2 aromatic heterocycles. The van der Waals surface area contributed by atoms with E-state index in [1.807, 2.05) is 45.2 Å². The zero-order valence-electron chi connectivity index (χ0n) is 15.0.